The fourth-order valence-electron chi connectivity index (χ4n) is 1.41. The van der Waals surface area contributed by atoms with Gasteiger partial charge in [0.1, 0.15) is 6.04 Å². The van der Waals surface area contributed by atoms with Crippen LogP contribution >= 0.6 is 0 Å². The summed E-state index contributed by atoms with van der Waals surface area (Å²) in [6.07, 6.45) is 0.282. The van der Waals surface area contributed by atoms with E-state index in [1.54, 1.807) is 21.0 Å². The van der Waals surface area contributed by atoms with Gasteiger partial charge in [0.05, 0.1) is 0 Å². The number of ether oxygens (including phenoxy) is 1. The molecule has 0 fully saturated rings. The molecule has 0 radical (unpaired) electrons. The molecule has 0 saturated carbocycles. The zero-order valence-electron chi connectivity index (χ0n) is 10.3. The molecule has 2 atom stereocenters. The molecule has 0 aromatic heterocycles. The van der Waals surface area contributed by atoms with Crippen LogP contribution in [0.4, 0.5) is 0 Å². The lowest BCUT2D eigenvalue weighted by Gasteiger charge is -2.19. The number of hydrogen-bond donors (Lipinski definition) is 2. The summed E-state index contributed by atoms with van der Waals surface area (Å²) in [6.45, 7) is 5.90. The van der Waals surface area contributed by atoms with E-state index in [0.29, 0.717) is 6.61 Å². The zero-order chi connectivity index (χ0) is 12.7. The summed E-state index contributed by atoms with van der Waals surface area (Å²) in [7, 11) is 1.57. The number of carbonyl (C=O) groups excluding carboxylic acids is 1. The molecule has 0 aromatic rings. The molecule has 0 heterocycles. The highest BCUT2D eigenvalue weighted by molar-refractivity contribution is 5.83. The quantitative estimate of drug-likeness (QED) is 0.682. The van der Waals surface area contributed by atoms with Gasteiger partial charge in [0.2, 0.25) is 5.91 Å². The molecule has 16 heavy (non-hydrogen) atoms. The molecular weight excluding hydrogens is 210 g/mol. The minimum absolute atomic E-state index is 0.0895. The minimum Gasteiger partial charge on any atom is -0.480 e. The molecule has 0 saturated heterocycles. The number of aliphatic carboxylic acids is 1. The summed E-state index contributed by atoms with van der Waals surface area (Å²) in [6, 6.07) is -0.817. The second-order valence-corrected chi connectivity index (χ2v) is 4.39. The first kappa shape index (κ1) is 14.9. The van der Waals surface area contributed by atoms with Gasteiger partial charge in [0.15, 0.2) is 0 Å². The third kappa shape index (κ3) is 5.70. The van der Waals surface area contributed by atoms with Crippen LogP contribution in [-0.2, 0) is 14.3 Å². The van der Waals surface area contributed by atoms with Crippen LogP contribution in [0.5, 0.6) is 0 Å². The van der Waals surface area contributed by atoms with Crippen LogP contribution < -0.4 is 5.32 Å². The SMILES string of the molecule is COCC(C)CC(=O)NC(C(=O)O)C(C)C. The highest BCUT2D eigenvalue weighted by Crippen LogP contribution is 2.05. The van der Waals surface area contributed by atoms with E-state index in [1.807, 2.05) is 6.92 Å². The first-order valence-electron chi connectivity index (χ1n) is 5.39. The van der Waals surface area contributed by atoms with Gasteiger partial charge in [-0.25, -0.2) is 4.79 Å². The molecule has 5 heteroatoms. The predicted octanol–water partition coefficient (Wildman–Crippen LogP) is 0.884. The van der Waals surface area contributed by atoms with Gasteiger partial charge in [0.25, 0.3) is 0 Å². The van der Waals surface area contributed by atoms with Crippen LogP contribution in [0.2, 0.25) is 0 Å². The van der Waals surface area contributed by atoms with Gasteiger partial charge in [-0.2, -0.15) is 0 Å². The Hall–Kier alpha value is -1.10. The smallest absolute Gasteiger partial charge is 0.326 e. The standard InChI is InChI=1S/C11H21NO4/c1-7(2)10(11(14)15)12-9(13)5-8(3)6-16-4/h7-8,10H,5-6H2,1-4H3,(H,12,13)(H,14,15). The maximum absolute atomic E-state index is 11.5. The van der Waals surface area contributed by atoms with Crippen LogP contribution in [0, 0.1) is 11.8 Å². The van der Waals surface area contributed by atoms with E-state index in [4.69, 9.17) is 9.84 Å². The molecular formula is C11H21NO4. The molecule has 0 bridgehead atoms. The molecule has 2 unspecified atom stereocenters. The number of nitrogens with one attached hydrogen (secondary N) is 1. The predicted molar refractivity (Wildman–Crippen MR) is 60.1 cm³/mol. The highest BCUT2D eigenvalue weighted by atomic mass is 16.5. The van der Waals surface area contributed by atoms with Gasteiger partial charge >= 0.3 is 5.97 Å². The molecule has 1 amide bonds. The lowest BCUT2D eigenvalue weighted by Crippen LogP contribution is -2.44. The van der Waals surface area contributed by atoms with Crippen molar-refractivity contribution in [2.45, 2.75) is 33.2 Å². The van der Waals surface area contributed by atoms with Gasteiger partial charge in [-0.15, -0.1) is 0 Å². The Morgan fingerprint density at radius 2 is 1.88 bits per heavy atom. The molecule has 94 valence electrons. The van der Waals surface area contributed by atoms with Gasteiger partial charge in [0, 0.05) is 20.1 Å². The average molecular weight is 231 g/mol. The van der Waals surface area contributed by atoms with Crippen molar-refractivity contribution in [3.8, 4) is 0 Å². The van der Waals surface area contributed by atoms with E-state index < -0.39 is 12.0 Å². The Morgan fingerprint density at radius 1 is 1.31 bits per heavy atom. The van der Waals surface area contributed by atoms with Crippen LogP contribution in [0.25, 0.3) is 0 Å². The maximum Gasteiger partial charge on any atom is 0.326 e. The van der Waals surface area contributed by atoms with Crippen molar-refractivity contribution in [2.24, 2.45) is 11.8 Å². The summed E-state index contributed by atoms with van der Waals surface area (Å²) in [4.78, 5) is 22.4. The first-order chi connectivity index (χ1) is 7.38. The Kier molecular flexibility index (Phi) is 6.72. The number of carboxylic acid groups (broad SMARTS) is 1. The van der Waals surface area contributed by atoms with E-state index in [-0.39, 0.29) is 24.2 Å². The lowest BCUT2D eigenvalue weighted by atomic mass is 10.0. The second kappa shape index (κ2) is 7.22. The Labute approximate surface area is 96.2 Å². The molecule has 2 N–H and O–H groups in total. The Balaban J connectivity index is 4.15. The first-order valence-corrected chi connectivity index (χ1v) is 5.39. The minimum atomic E-state index is -0.997. The molecule has 0 rings (SSSR count). The van der Waals surface area contributed by atoms with Crippen molar-refractivity contribution in [3.63, 3.8) is 0 Å². The Bertz CT molecular complexity index is 240. The second-order valence-electron chi connectivity index (χ2n) is 4.39. The molecule has 0 aliphatic heterocycles. The van der Waals surface area contributed by atoms with Gasteiger partial charge in [-0.3, -0.25) is 4.79 Å². The van der Waals surface area contributed by atoms with Gasteiger partial charge in [-0.1, -0.05) is 20.8 Å². The van der Waals surface area contributed by atoms with E-state index in [0.717, 1.165) is 0 Å². The third-order valence-electron chi connectivity index (χ3n) is 2.23. The topological polar surface area (TPSA) is 75.6 Å². The summed E-state index contributed by atoms with van der Waals surface area (Å²) >= 11 is 0. The summed E-state index contributed by atoms with van der Waals surface area (Å²) < 4.78 is 4.91. The monoisotopic (exact) mass is 231 g/mol. The maximum atomic E-state index is 11.5. The van der Waals surface area contributed by atoms with Crippen LogP contribution in [0.3, 0.4) is 0 Å². The highest BCUT2D eigenvalue weighted by Gasteiger charge is 2.23. The van der Waals surface area contributed by atoms with Crippen molar-refractivity contribution in [3.05, 3.63) is 0 Å². The van der Waals surface area contributed by atoms with Crippen molar-refractivity contribution in [1.82, 2.24) is 5.32 Å². The largest absolute Gasteiger partial charge is 0.480 e. The number of carboxylic acids is 1. The molecule has 0 spiro atoms. The van der Waals surface area contributed by atoms with E-state index >= 15 is 0 Å². The molecule has 0 aromatic carbocycles. The number of carbonyl (C=O) groups is 2. The summed E-state index contributed by atoms with van der Waals surface area (Å²) in [5.41, 5.74) is 0. The van der Waals surface area contributed by atoms with E-state index in [2.05, 4.69) is 5.32 Å². The number of rotatable bonds is 7. The number of methoxy groups -OCH3 is 1. The average Bonchev–Trinajstić information content (AvgIpc) is 2.13. The zero-order valence-corrected chi connectivity index (χ0v) is 10.3. The summed E-state index contributed by atoms with van der Waals surface area (Å²) in [5, 5.41) is 11.4. The summed E-state index contributed by atoms with van der Waals surface area (Å²) in [5.74, 6) is -1.28. The number of hydrogen-bond acceptors (Lipinski definition) is 3. The van der Waals surface area contributed by atoms with Crippen molar-refractivity contribution < 1.29 is 19.4 Å². The molecule has 0 aliphatic rings. The van der Waals surface area contributed by atoms with E-state index in [9.17, 15) is 9.59 Å². The normalized spacial score (nSPS) is 14.6. The molecule has 5 nitrogen and oxygen atoms in total. The van der Waals surface area contributed by atoms with Crippen molar-refractivity contribution in [2.75, 3.05) is 13.7 Å². The third-order valence-corrected chi connectivity index (χ3v) is 2.23. The van der Waals surface area contributed by atoms with Crippen LogP contribution in [0.1, 0.15) is 27.2 Å². The fourth-order valence-corrected chi connectivity index (χ4v) is 1.41. The van der Waals surface area contributed by atoms with Crippen molar-refractivity contribution >= 4 is 11.9 Å². The van der Waals surface area contributed by atoms with Crippen molar-refractivity contribution in [1.29, 1.82) is 0 Å². The van der Waals surface area contributed by atoms with E-state index in [1.165, 1.54) is 0 Å². The van der Waals surface area contributed by atoms with Crippen LogP contribution in [0.15, 0.2) is 0 Å². The molecule has 0 aliphatic carbocycles. The fraction of sp³-hybridized carbons (Fsp3) is 0.818. The Morgan fingerprint density at radius 3 is 2.25 bits per heavy atom. The lowest BCUT2D eigenvalue weighted by molar-refractivity contribution is -0.143. The van der Waals surface area contributed by atoms with Gasteiger partial charge in [-0.05, 0) is 11.8 Å². The van der Waals surface area contributed by atoms with Crippen LogP contribution in [-0.4, -0.2) is 36.7 Å². The number of amides is 1. The van der Waals surface area contributed by atoms with Gasteiger partial charge < -0.3 is 15.2 Å².